The van der Waals surface area contributed by atoms with Crippen molar-refractivity contribution in [2.24, 2.45) is 5.92 Å². The van der Waals surface area contributed by atoms with Gasteiger partial charge in [0.05, 0.1) is 25.9 Å². The van der Waals surface area contributed by atoms with E-state index in [0.29, 0.717) is 38.1 Å². The van der Waals surface area contributed by atoms with E-state index in [1.54, 1.807) is 0 Å². The standard InChI is InChI=1S/C18H27N3O3/c1-14(2)9-17-19-18(24-20-17)11-21(3)10-16(22)13-23-12-15-7-5-4-6-8-15/h4-8,14,16,22H,9-13H2,1-3H3/t16-/m0/s1. The number of rotatable bonds is 10. The van der Waals surface area contributed by atoms with Gasteiger partial charge >= 0.3 is 0 Å². The Labute approximate surface area is 143 Å². The summed E-state index contributed by atoms with van der Waals surface area (Å²) < 4.78 is 10.8. The normalized spacial score (nSPS) is 12.9. The highest BCUT2D eigenvalue weighted by atomic mass is 16.5. The van der Waals surface area contributed by atoms with Gasteiger partial charge in [-0.3, -0.25) is 4.90 Å². The summed E-state index contributed by atoms with van der Waals surface area (Å²) in [6, 6.07) is 9.92. The number of benzene rings is 1. The number of likely N-dealkylation sites (N-methyl/N-ethyl adjacent to an activating group) is 1. The molecule has 1 aromatic heterocycles. The van der Waals surface area contributed by atoms with E-state index in [1.807, 2.05) is 42.3 Å². The third-order valence-corrected chi connectivity index (χ3v) is 3.45. The molecule has 0 spiro atoms. The van der Waals surface area contributed by atoms with Crippen molar-refractivity contribution in [3.05, 3.63) is 47.6 Å². The van der Waals surface area contributed by atoms with Crippen LogP contribution in [0.2, 0.25) is 0 Å². The molecule has 6 heteroatoms. The second kappa shape index (κ2) is 9.52. The van der Waals surface area contributed by atoms with Crippen LogP contribution in [-0.2, 0) is 24.3 Å². The van der Waals surface area contributed by atoms with Crippen molar-refractivity contribution in [2.75, 3.05) is 20.2 Å². The van der Waals surface area contributed by atoms with Crippen LogP contribution in [0, 0.1) is 5.92 Å². The Hall–Kier alpha value is -1.76. The molecule has 1 N–H and O–H groups in total. The first-order valence-electron chi connectivity index (χ1n) is 8.32. The Morgan fingerprint density at radius 2 is 2.00 bits per heavy atom. The van der Waals surface area contributed by atoms with Gasteiger partial charge < -0.3 is 14.4 Å². The van der Waals surface area contributed by atoms with Gasteiger partial charge in [-0.15, -0.1) is 0 Å². The van der Waals surface area contributed by atoms with E-state index in [9.17, 15) is 5.11 Å². The van der Waals surface area contributed by atoms with Crippen LogP contribution in [0.15, 0.2) is 34.9 Å². The van der Waals surface area contributed by atoms with Crippen LogP contribution in [0.3, 0.4) is 0 Å². The van der Waals surface area contributed by atoms with Crippen molar-refractivity contribution in [1.82, 2.24) is 15.0 Å². The summed E-state index contributed by atoms with van der Waals surface area (Å²) >= 11 is 0. The van der Waals surface area contributed by atoms with Crippen LogP contribution < -0.4 is 0 Å². The quantitative estimate of drug-likeness (QED) is 0.719. The molecule has 0 bridgehead atoms. The smallest absolute Gasteiger partial charge is 0.240 e. The predicted molar refractivity (Wildman–Crippen MR) is 91.3 cm³/mol. The molecule has 0 aliphatic carbocycles. The van der Waals surface area contributed by atoms with E-state index in [2.05, 4.69) is 24.0 Å². The SMILES string of the molecule is CC(C)Cc1noc(CN(C)C[C@H](O)COCc2ccccc2)n1. The summed E-state index contributed by atoms with van der Waals surface area (Å²) in [7, 11) is 1.91. The first kappa shape index (κ1) is 18.6. The summed E-state index contributed by atoms with van der Waals surface area (Å²) in [5, 5.41) is 14.0. The van der Waals surface area contributed by atoms with E-state index in [1.165, 1.54) is 0 Å². The summed E-state index contributed by atoms with van der Waals surface area (Å²) in [6.07, 6.45) is 0.250. The number of hydrogen-bond donors (Lipinski definition) is 1. The number of aromatic nitrogens is 2. The van der Waals surface area contributed by atoms with E-state index in [4.69, 9.17) is 9.26 Å². The molecule has 0 radical (unpaired) electrons. The molecule has 0 amide bonds. The van der Waals surface area contributed by atoms with Gasteiger partial charge in [-0.25, -0.2) is 0 Å². The second-order valence-corrected chi connectivity index (χ2v) is 6.55. The highest BCUT2D eigenvalue weighted by molar-refractivity contribution is 5.13. The Kier molecular flexibility index (Phi) is 7.36. The summed E-state index contributed by atoms with van der Waals surface area (Å²) in [4.78, 5) is 6.31. The number of aliphatic hydroxyl groups is 1. The molecule has 1 atom stereocenters. The Morgan fingerprint density at radius 3 is 2.71 bits per heavy atom. The Balaban J connectivity index is 1.67. The summed E-state index contributed by atoms with van der Waals surface area (Å²) in [5.41, 5.74) is 1.10. The second-order valence-electron chi connectivity index (χ2n) is 6.55. The molecule has 132 valence electrons. The van der Waals surface area contributed by atoms with E-state index in [0.717, 1.165) is 17.8 Å². The van der Waals surface area contributed by atoms with Crippen molar-refractivity contribution in [3.8, 4) is 0 Å². The van der Waals surface area contributed by atoms with Crippen molar-refractivity contribution >= 4 is 0 Å². The molecular weight excluding hydrogens is 306 g/mol. The lowest BCUT2D eigenvalue weighted by atomic mass is 10.1. The van der Waals surface area contributed by atoms with E-state index < -0.39 is 6.10 Å². The third kappa shape index (κ3) is 6.78. The molecule has 6 nitrogen and oxygen atoms in total. The molecule has 0 fully saturated rings. The molecule has 0 unspecified atom stereocenters. The number of hydrogen-bond acceptors (Lipinski definition) is 6. The first-order chi connectivity index (χ1) is 11.5. The zero-order chi connectivity index (χ0) is 17.4. The fourth-order valence-electron chi connectivity index (χ4n) is 2.40. The minimum Gasteiger partial charge on any atom is -0.389 e. The van der Waals surface area contributed by atoms with Crippen LogP contribution in [0.25, 0.3) is 0 Å². The van der Waals surface area contributed by atoms with Gasteiger partial charge in [0, 0.05) is 13.0 Å². The van der Waals surface area contributed by atoms with Crippen LogP contribution in [0.4, 0.5) is 0 Å². The summed E-state index contributed by atoms with van der Waals surface area (Å²) in [6.45, 7) is 6.03. The lowest BCUT2D eigenvalue weighted by Crippen LogP contribution is -2.32. The maximum atomic E-state index is 10.1. The molecule has 2 rings (SSSR count). The number of ether oxygens (including phenoxy) is 1. The minimum atomic E-state index is -0.559. The molecular formula is C18H27N3O3. The first-order valence-corrected chi connectivity index (χ1v) is 8.32. The average molecular weight is 333 g/mol. The molecule has 0 saturated heterocycles. The molecule has 0 aliphatic heterocycles. The average Bonchev–Trinajstić information content (AvgIpc) is 2.94. The molecule has 1 heterocycles. The fourth-order valence-corrected chi connectivity index (χ4v) is 2.40. The van der Waals surface area contributed by atoms with Crippen LogP contribution in [0.1, 0.15) is 31.1 Å². The molecule has 2 aromatic rings. The topological polar surface area (TPSA) is 71.6 Å². The van der Waals surface area contributed by atoms with Crippen molar-refractivity contribution < 1.29 is 14.4 Å². The predicted octanol–water partition coefficient (Wildman–Crippen LogP) is 2.28. The van der Waals surface area contributed by atoms with Gasteiger partial charge in [-0.1, -0.05) is 49.3 Å². The van der Waals surface area contributed by atoms with E-state index in [-0.39, 0.29) is 0 Å². The molecule has 24 heavy (non-hydrogen) atoms. The van der Waals surface area contributed by atoms with Gasteiger partial charge in [0.2, 0.25) is 5.89 Å². The van der Waals surface area contributed by atoms with E-state index >= 15 is 0 Å². The zero-order valence-electron chi connectivity index (χ0n) is 14.7. The van der Waals surface area contributed by atoms with Crippen molar-refractivity contribution in [3.63, 3.8) is 0 Å². The number of aliphatic hydroxyl groups excluding tert-OH is 1. The van der Waals surface area contributed by atoms with Crippen molar-refractivity contribution in [2.45, 2.75) is 39.5 Å². The Morgan fingerprint density at radius 1 is 1.25 bits per heavy atom. The van der Waals surface area contributed by atoms with Crippen molar-refractivity contribution in [1.29, 1.82) is 0 Å². The lowest BCUT2D eigenvalue weighted by molar-refractivity contribution is 0.0115. The monoisotopic (exact) mass is 333 g/mol. The minimum absolute atomic E-state index is 0.293. The maximum absolute atomic E-state index is 10.1. The van der Waals surface area contributed by atoms with Crippen LogP contribution in [0.5, 0.6) is 0 Å². The molecule has 0 saturated carbocycles. The fraction of sp³-hybridized carbons (Fsp3) is 0.556. The lowest BCUT2D eigenvalue weighted by Gasteiger charge is -2.18. The van der Waals surface area contributed by atoms with Crippen LogP contribution in [-0.4, -0.2) is 46.5 Å². The van der Waals surface area contributed by atoms with Gasteiger partial charge in [0.1, 0.15) is 0 Å². The highest BCUT2D eigenvalue weighted by Crippen LogP contribution is 2.07. The van der Waals surface area contributed by atoms with Gasteiger partial charge in [-0.2, -0.15) is 4.98 Å². The maximum Gasteiger partial charge on any atom is 0.240 e. The third-order valence-electron chi connectivity index (χ3n) is 3.45. The molecule has 0 aliphatic rings. The Bertz CT molecular complexity index is 586. The van der Waals surface area contributed by atoms with Gasteiger partial charge in [-0.05, 0) is 18.5 Å². The number of nitrogens with zero attached hydrogens (tertiary/aromatic N) is 3. The molecule has 1 aromatic carbocycles. The largest absolute Gasteiger partial charge is 0.389 e. The van der Waals surface area contributed by atoms with Gasteiger partial charge in [0.15, 0.2) is 5.82 Å². The highest BCUT2D eigenvalue weighted by Gasteiger charge is 2.13. The van der Waals surface area contributed by atoms with Crippen LogP contribution >= 0.6 is 0 Å². The van der Waals surface area contributed by atoms with Gasteiger partial charge in [0.25, 0.3) is 0 Å². The zero-order valence-corrected chi connectivity index (χ0v) is 14.7. The summed E-state index contributed by atoms with van der Waals surface area (Å²) in [5.74, 6) is 1.81.